The molecular formula is C23H25NO5. The van der Waals surface area contributed by atoms with E-state index in [-0.39, 0.29) is 17.3 Å². The molecule has 6 heteroatoms. The van der Waals surface area contributed by atoms with Crippen molar-refractivity contribution in [3.05, 3.63) is 65.2 Å². The van der Waals surface area contributed by atoms with Crippen LogP contribution in [-0.4, -0.2) is 42.5 Å². The van der Waals surface area contributed by atoms with Gasteiger partial charge in [0.2, 0.25) is 0 Å². The molecule has 1 amide bonds. The molecule has 0 unspecified atom stereocenters. The Kier molecular flexibility index (Phi) is 5.92. The van der Waals surface area contributed by atoms with Crippen molar-refractivity contribution in [1.29, 1.82) is 0 Å². The van der Waals surface area contributed by atoms with E-state index in [1.54, 1.807) is 49.6 Å². The van der Waals surface area contributed by atoms with Crippen molar-refractivity contribution in [1.82, 2.24) is 4.90 Å². The molecule has 152 valence electrons. The van der Waals surface area contributed by atoms with Crippen molar-refractivity contribution < 1.29 is 24.2 Å². The highest BCUT2D eigenvalue weighted by molar-refractivity contribution is 6.46. The summed E-state index contributed by atoms with van der Waals surface area (Å²) >= 11 is 0. The summed E-state index contributed by atoms with van der Waals surface area (Å²) < 4.78 is 10.8. The number of aliphatic hydroxyl groups excluding tert-OH is 1. The van der Waals surface area contributed by atoms with Crippen molar-refractivity contribution >= 4 is 17.4 Å². The Balaban J connectivity index is 2.24. The predicted molar refractivity (Wildman–Crippen MR) is 110 cm³/mol. The normalized spacial score (nSPS) is 18.4. The first-order valence-corrected chi connectivity index (χ1v) is 9.44. The monoisotopic (exact) mass is 395 g/mol. The SMILES string of the molecule is COc1ccc([C@H]2C(=C(O)c3ccccc3)C(=O)C(=O)N2CC(C)C)c(OC)c1. The molecule has 0 bridgehead atoms. The van der Waals surface area contributed by atoms with Crippen LogP contribution in [0.2, 0.25) is 0 Å². The Hall–Kier alpha value is -3.28. The van der Waals surface area contributed by atoms with Crippen molar-refractivity contribution in [2.75, 3.05) is 20.8 Å². The van der Waals surface area contributed by atoms with Gasteiger partial charge in [0.25, 0.3) is 11.7 Å². The number of ether oxygens (including phenoxy) is 2. The van der Waals surface area contributed by atoms with E-state index >= 15 is 0 Å². The van der Waals surface area contributed by atoms with E-state index in [1.807, 2.05) is 19.9 Å². The average molecular weight is 395 g/mol. The minimum atomic E-state index is -0.751. The molecule has 1 atom stereocenters. The summed E-state index contributed by atoms with van der Waals surface area (Å²) in [6.07, 6.45) is 0. The number of Topliss-reactive ketones (excluding diaryl/α,β-unsaturated/α-hetero) is 1. The summed E-state index contributed by atoms with van der Waals surface area (Å²) in [4.78, 5) is 27.3. The van der Waals surface area contributed by atoms with Crippen molar-refractivity contribution in [3.8, 4) is 11.5 Å². The zero-order valence-electron chi connectivity index (χ0n) is 17.0. The van der Waals surface area contributed by atoms with E-state index in [0.717, 1.165) is 0 Å². The summed E-state index contributed by atoms with van der Waals surface area (Å²) in [7, 11) is 3.07. The number of ketones is 1. The lowest BCUT2D eigenvalue weighted by Crippen LogP contribution is -2.33. The van der Waals surface area contributed by atoms with Crippen LogP contribution >= 0.6 is 0 Å². The third kappa shape index (κ3) is 3.83. The molecule has 1 saturated heterocycles. The minimum absolute atomic E-state index is 0.0605. The Morgan fingerprint density at radius 1 is 1.07 bits per heavy atom. The molecule has 3 rings (SSSR count). The summed E-state index contributed by atoms with van der Waals surface area (Å²) in [6.45, 7) is 4.31. The van der Waals surface area contributed by atoms with Crippen LogP contribution < -0.4 is 9.47 Å². The van der Waals surface area contributed by atoms with Crippen molar-refractivity contribution in [2.45, 2.75) is 19.9 Å². The molecule has 1 heterocycles. The van der Waals surface area contributed by atoms with Gasteiger partial charge in [0, 0.05) is 23.7 Å². The van der Waals surface area contributed by atoms with E-state index in [1.165, 1.54) is 12.0 Å². The van der Waals surface area contributed by atoms with Gasteiger partial charge in [-0.1, -0.05) is 44.2 Å². The van der Waals surface area contributed by atoms with Gasteiger partial charge in [0.15, 0.2) is 0 Å². The van der Waals surface area contributed by atoms with Gasteiger partial charge in [0.05, 0.1) is 25.8 Å². The fourth-order valence-corrected chi connectivity index (χ4v) is 3.58. The quantitative estimate of drug-likeness (QED) is 0.458. The lowest BCUT2D eigenvalue weighted by Gasteiger charge is -2.28. The van der Waals surface area contributed by atoms with E-state index in [9.17, 15) is 14.7 Å². The number of methoxy groups -OCH3 is 2. The molecule has 0 saturated carbocycles. The number of amides is 1. The van der Waals surface area contributed by atoms with Crippen molar-refractivity contribution in [2.24, 2.45) is 5.92 Å². The summed E-state index contributed by atoms with van der Waals surface area (Å²) in [5, 5.41) is 11.0. The van der Waals surface area contributed by atoms with Crippen molar-refractivity contribution in [3.63, 3.8) is 0 Å². The van der Waals surface area contributed by atoms with Gasteiger partial charge in [-0.15, -0.1) is 0 Å². The predicted octanol–water partition coefficient (Wildman–Crippen LogP) is 3.78. The maximum atomic E-state index is 12.9. The first-order valence-electron chi connectivity index (χ1n) is 9.44. The van der Waals surface area contributed by atoms with E-state index < -0.39 is 17.7 Å². The molecule has 0 aliphatic carbocycles. The van der Waals surface area contributed by atoms with Gasteiger partial charge in [-0.3, -0.25) is 9.59 Å². The van der Waals surface area contributed by atoms with Crippen LogP contribution in [0.3, 0.4) is 0 Å². The van der Waals surface area contributed by atoms with Crippen LogP contribution in [0.1, 0.15) is 31.0 Å². The largest absolute Gasteiger partial charge is 0.507 e. The lowest BCUT2D eigenvalue weighted by molar-refractivity contribution is -0.140. The number of carbonyl (C=O) groups excluding carboxylic acids is 2. The number of rotatable bonds is 6. The Morgan fingerprint density at radius 2 is 1.76 bits per heavy atom. The fraction of sp³-hybridized carbons (Fsp3) is 0.304. The molecule has 2 aromatic carbocycles. The number of hydrogen-bond donors (Lipinski definition) is 1. The van der Waals surface area contributed by atoms with E-state index in [2.05, 4.69) is 0 Å². The first-order chi connectivity index (χ1) is 13.9. The average Bonchev–Trinajstić information content (AvgIpc) is 2.97. The van der Waals surface area contributed by atoms with Crippen LogP contribution in [-0.2, 0) is 9.59 Å². The Morgan fingerprint density at radius 3 is 2.34 bits per heavy atom. The zero-order valence-corrected chi connectivity index (χ0v) is 17.0. The lowest BCUT2D eigenvalue weighted by atomic mass is 9.94. The smallest absolute Gasteiger partial charge is 0.295 e. The molecule has 0 spiro atoms. The topological polar surface area (TPSA) is 76.1 Å². The number of likely N-dealkylation sites (tertiary alicyclic amines) is 1. The first kappa shape index (κ1) is 20.5. The second-order valence-electron chi connectivity index (χ2n) is 7.32. The molecule has 6 nitrogen and oxygen atoms in total. The number of aliphatic hydroxyl groups is 1. The maximum Gasteiger partial charge on any atom is 0.295 e. The summed E-state index contributed by atoms with van der Waals surface area (Å²) in [6, 6.07) is 13.2. The number of carbonyl (C=O) groups is 2. The minimum Gasteiger partial charge on any atom is -0.507 e. The third-order valence-corrected chi connectivity index (χ3v) is 4.88. The number of benzene rings is 2. The molecule has 1 aliphatic rings. The zero-order chi connectivity index (χ0) is 21.1. The molecular weight excluding hydrogens is 370 g/mol. The van der Waals surface area contributed by atoms with Crippen LogP contribution in [0.5, 0.6) is 11.5 Å². The summed E-state index contributed by atoms with van der Waals surface area (Å²) in [5.74, 6) is -0.317. The fourth-order valence-electron chi connectivity index (χ4n) is 3.58. The van der Waals surface area contributed by atoms with Crippen LogP contribution in [0.15, 0.2) is 54.1 Å². The Bertz CT molecular complexity index is 949. The number of hydrogen-bond acceptors (Lipinski definition) is 5. The molecule has 0 aromatic heterocycles. The second kappa shape index (κ2) is 8.39. The van der Waals surface area contributed by atoms with Gasteiger partial charge in [-0.25, -0.2) is 0 Å². The molecule has 2 aromatic rings. The highest BCUT2D eigenvalue weighted by Crippen LogP contribution is 2.43. The van der Waals surface area contributed by atoms with Gasteiger partial charge in [-0.05, 0) is 18.1 Å². The Labute approximate surface area is 170 Å². The second-order valence-corrected chi connectivity index (χ2v) is 7.32. The molecule has 0 radical (unpaired) electrons. The van der Waals surface area contributed by atoms with Crippen LogP contribution in [0.25, 0.3) is 5.76 Å². The highest BCUT2D eigenvalue weighted by atomic mass is 16.5. The molecule has 1 fully saturated rings. The van der Waals surface area contributed by atoms with Crippen LogP contribution in [0, 0.1) is 5.92 Å². The maximum absolute atomic E-state index is 12.9. The third-order valence-electron chi connectivity index (χ3n) is 4.88. The van der Waals surface area contributed by atoms with E-state index in [4.69, 9.17) is 9.47 Å². The van der Waals surface area contributed by atoms with E-state index in [0.29, 0.717) is 29.2 Å². The standard InChI is InChI=1S/C23H25NO5/c1-14(2)13-24-20(17-11-10-16(28-3)12-18(17)29-4)19(22(26)23(24)27)21(25)15-8-6-5-7-9-15/h5-12,14,20,25H,13H2,1-4H3/t20-/m0/s1. The van der Waals surface area contributed by atoms with Gasteiger partial charge in [-0.2, -0.15) is 0 Å². The van der Waals surface area contributed by atoms with Gasteiger partial charge < -0.3 is 19.5 Å². The van der Waals surface area contributed by atoms with Crippen LogP contribution in [0.4, 0.5) is 0 Å². The van der Waals surface area contributed by atoms with Gasteiger partial charge >= 0.3 is 0 Å². The summed E-state index contributed by atoms with van der Waals surface area (Å²) in [5.41, 5.74) is 1.16. The van der Waals surface area contributed by atoms with Gasteiger partial charge in [0.1, 0.15) is 17.3 Å². The molecule has 1 aliphatic heterocycles. The highest BCUT2D eigenvalue weighted by Gasteiger charge is 2.47. The molecule has 29 heavy (non-hydrogen) atoms. The number of nitrogens with zero attached hydrogens (tertiary/aromatic N) is 1. The molecule has 1 N–H and O–H groups in total.